The van der Waals surface area contributed by atoms with Crippen LogP contribution in [0.2, 0.25) is 10.2 Å². The van der Waals surface area contributed by atoms with Gasteiger partial charge in [-0.25, -0.2) is 18.1 Å². The number of aromatic nitrogens is 1. The zero-order chi connectivity index (χ0) is 14.1. The van der Waals surface area contributed by atoms with Gasteiger partial charge in [0, 0.05) is 24.9 Å². The molecule has 1 aliphatic heterocycles. The standard InChI is InChI=1S/C11H14Cl2N2O3S/c1-11(2-4-18-5-3-11)15-19(16,17)8-6-9(12)10(13)14-7-8/h6-7,15H,2-5H2,1H3. The predicted octanol–water partition coefficient (Wildman–Crippen LogP) is 2.24. The first-order valence-corrected chi connectivity index (χ1v) is 7.99. The maximum absolute atomic E-state index is 12.3. The summed E-state index contributed by atoms with van der Waals surface area (Å²) in [6, 6.07) is 1.29. The van der Waals surface area contributed by atoms with Gasteiger partial charge in [-0.1, -0.05) is 23.2 Å². The Kier molecular flexibility index (Phi) is 4.37. The molecule has 0 unspecified atom stereocenters. The quantitative estimate of drug-likeness (QED) is 0.866. The minimum absolute atomic E-state index is 0.00890. The Bertz CT molecular complexity index is 571. The highest BCUT2D eigenvalue weighted by molar-refractivity contribution is 7.89. The van der Waals surface area contributed by atoms with Crippen molar-refractivity contribution in [1.82, 2.24) is 9.71 Å². The lowest BCUT2D eigenvalue weighted by Gasteiger charge is -2.33. The van der Waals surface area contributed by atoms with E-state index in [1.807, 2.05) is 6.92 Å². The normalized spacial score (nSPS) is 19.3. The highest BCUT2D eigenvalue weighted by atomic mass is 35.5. The highest BCUT2D eigenvalue weighted by Gasteiger charge is 2.32. The summed E-state index contributed by atoms with van der Waals surface area (Å²) in [5, 5.41) is 0.194. The van der Waals surface area contributed by atoms with E-state index >= 15 is 0 Å². The Morgan fingerprint density at radius 2 is 2.00 bits per heavy atom. The average Bonchev–Trinajstić information content (AvgIpc) is 2.32. The van der Waals surface area contributed by atoms with Crippen molar-refractivity contribution in [3.63, 3.8) is 0 Å². The predicted molar refractivity (Wildman–Crippen MR) is 73.0 cm³/mol. The van der Waals surface area contributed by atoms with Gasteiger partial charge in [-0.2, -0.15) is 0 Å². The van der Waals surface area contributed by atoms with Crippen LogP contribution in [0.15, 0.2) is 17.2 Å². The molecule has 5 nitrogen and oxygen atoms in total. The molecule has 1 N–H and O–H groups in total. The van der Waals surface area contributed by atoms with E-state index < -0.39 is 15.6 Å². The monoisotopic (exact) mass is 324 g/mol. The van der Waals surface area contributed by atoms with Crippen LogP contribution in [-0.2, 0) is 14.8 Å². The summed E-state index contributed by atoms with van der Waals surface area (Å²) in [5.41, 5.74) is -0.511. The number of nitrogens with zero attached hydrogens (tertiary/aromatic N) is 1. The Hall–Kier alpha value is -0.400. The van der Waals surface area contributed by atoms with E-state index in [4.69, 9.17) is 27.9 Å². The van der Waals surface area contributed by atoms with Crippen molar-refractivity contribution >= 4 is 33.2 Å². The zero-order valence-electron chi connectivity index (χ0n) is 10.3. The summed E-state index contributed by atoms with van der Waals surface area (Å²) >= 11 is 11.5. The van der Waals surface area contributed by atoms with Gasteiger partial charge in [-0.3, -0.25) is 0 Å². The van der Waals surface area contributed by atoms with Gasteiger partial charge >= 0.3 is 0 Å². The molecule has 1 aromatic rings. The number of sulfonamides is 1. The van der Waals surface area contributed by atoms with E-state index in [0.717, 1.165) is 0 Å². The van der Waals surface area contributed by atoms with Crippen LogP contribution < -0.4 is 4.72 Å². The molecule has 8 heteroatoms. The molecular weight excluding hydrogens is 311 g/mol. The second-order valence-electron chi connectivity index (χ2n) is 4.72. The van der Waals surface area contributed by atoms with E-state index in [-0.39, 0.29) is 15.1 Å². The fraction of sp³-hybridized carbons (Fsp3) is 0.545. The van der Waals surface area contributed by atoms with E-state index in [9.17, 15) is 8.42 Å². The van der Waals surface area contributed by atoms with Crippen molar-refractivity contribution in [3.05, 3.63) is 22.4 Å². The number of nitrogens with one attached hydrogen (secondary N) is 1. The van der Waals surface area contributed by atoms with Gasteiger partial charge in [-0.05, 0) is 25.8 Å². The Labute approximate surface area is 122 Å². The van der Waals surface area contributed by atoms with Crippen LogP contribution in [0, 0.1) is 0 Å². The van der Waals surface area contributed by atoms with Gasteiger partial charge < -0.3 is 4.74 Å². The smallest absolute Gasteiger partial charge is 0.242 e. The Morgan fingerprint density at radius 3 is 2.58 bits per heavy atom. The fourth-order valence-corrected chi connectivity index (χ4v) is 3.63. The largest absolute Gasteiger partial charge is 0.381 e. The van der Waals surface area contributed by atoms with E-state index in [1.54, 1.807) is 0 Å². The summed E-state index contributed by atoms with van der Waals surface area (Å²) < 4.78 is 32.5. The van der Waals surface area contributed by atoms with Crippen molar-refractivity contribution in [3.8, 4) is 0 Å². The molecule has 0 bridgehead atoms. The first kappa shape index (κ1) is 15.0. The summed E-state index contributed by atoms with van der Waals surface area (Å²) in [4.78, 5) is 3.76. The molecule has 106 valence electrons. The number of hydrogen-bond acceptors (Lipinski definition) is 4. The summed E-state index contributed by atoms with van der Waals surface area (Å²) in [7, 11) is -3.67. The Morgan fingerprint density at radius 1 is 1.37 bits per heavy atom. The minimum Gasteiger partial charge on any atom is -0.381 e. The molecule has 2 rings (SSSR count). The first-order valence-electron chi connectivity index (χ1n) is 5.75. The molecule has 1 aliphatic rings. The molecule has 0 radical (unpaired) electrons. The molecule has 0 atom stereocenters. The van der Waals surface area contributed by atoms with Crippen molar-refractivity contribution in [2.75, 3.05) is 13.2 Å². The van der Waals surface area contributed by atoms with Crippen LogP contribution in [0.4, 0.5) is 0 Å². The second kappa shape index (κ2) is 5.54. The molecular formula is C11H14Cl2N2O3S. The molecule has 0 aromatic carbocycles. The van der Waals surface area contributed by atoms with Crippen LogP contribution in [0.1, 0.15) is 19.8 Å². The third kappa shape index (κ3) is 3.58. The third-order valence-corrected chi connectivity index (χ3v) is 5.35. The lowest BCUT2D eigenvalue weighted by molar-refractivity contribution is 0.0537. The maximum Gasteiger partial charge on any atom is 0.242 e. The number of rotatable bonds is 3. The van der Waals surface area contributed by atoms with Gasteiger partial charge in [-0.15, -0.1) is 0 Å². The lowest BCUT2D eigenvalue weighted by atomic mass is 9.94. The van der Waals surface area contributed by atoms with Gasteiger partial charge in [0.1, 0.15) is 10.0 Å². The first-order chi connectivity index (χ1) is 8.82. The second-order valence-corrected chi connectivity index (χ2v) is 7.17. The summed E-state index contributed by atoms with van der Waals surface area (Å²) in [6.07, 6.45) is 2.45. The molecule has 0 spiro atoms. The van der Waals surface area contributed by atoms with Gasteiger partial charge in [0.25, 0.3) is 0 Å². The fourth-order valence-electron chi connectivity index (χ4n) is 1.86. The maximum atomic E-state index is 12.3. The molecule has 2 heterocycles. The van der Waals surface area contributed by atoms with Gasteiger partial charge in [0.15, 0.2) is 0 Å². The highest BCUT2D eigenvalue weighted by Crippen LogP contribution is 2.25. The topological polar surface area (TPSA) is 68.3 Å². The molecule has 1 aromatic heterocycles. The molecule has 1 saturated heterocycles. The van der Waals surface area contributed by atoms with Gasteiger partial charge in [0.2, 0.25) is 10.0 Å². The van der Waals surface area contributed by atoms with E-state index in [1.165, 1.54) is 12.3 Å². The SMILES string of the molecule is CC1(NS(=O)(=O)c2cnc(Cl)c(Cl)c2)CCOCC1. The molecule has 0 aliphatic carbocycles. The number of halogens is 2. The van der Waals surface area contributed by atoms with Crippen molar-refractivity contribution < 1.29 is 13.2 Å². The van der Waals surface area contributed by atoms with Crippen LogP contribution in [-0.4, -0.2) is 32.2 Å². The van der Waals surface area contributed by atoms with Crippen LogP contribution >= 0.6 is 23.2 Å². The summed E-state index contributed by atoms with van der Waals surface area (Å²) in [5.74, 6) is 0. The number of pyridine rings is 1. The van der Waals surface area contributed by atoms with Crippen LogP contribution in [0.5, 0.6) is 0 Å². The van der Waals surface area contributed by atoms with Crippen LogP contribution in [0.3, 0.4) is 0 Å². The molecule has 0 saturated carbocycles. The van der Waals surface area contributed by atoms with E-state index in [2.05, 4.69) is 9.71 Å². The van der Waals surface area contributed by atoms with Crippen molar-refractivity contribution in [1.29, 1.82) is 0 Å². The average molecular weight is 325 g/mol. The van der Waals surface area contributed by atoms with Gasteiger partial charge in [0.05, 0.1) is 5.02 Å². The zero-order valence-corrected chi connectivity index (χ0v) is 12.6. The molecule has 0 amide bonds. The summed E-state index contributed by atoms with van der Waals surface area (Å²) in [6.45, 7) is 2.94. The lowest BCUT2D eigenvalue weighted by Crippen LogP contribution is -2.49. The number of ether oxygens (including phenoxy) is 1. The Balaban J connectivity index is 2.24. The molecule has 19 heavy (non-hydrogen) atoms. The molecule has 1 fully saturated rings. The minimum atomic E-state index is -3.67. The van der Waals surface area contributed by atoms with Crippen molar-refractivity contribution in [2.24, 2.45) is 0 Å². The van der Waals surface area contributed by atoms with E-state index in [0.29, 0.717) is 26.1 Å². The number of hydrogen-bond donors (Lipinski definition) is 1. The van der Waals surface area contributed by atoms with Crippen molar-refractivity contribution in [2.45, 2.75) is 30.2 Å². The van der Waals surface area contributed by atoms with Crippen LogP contribution in [0.25, 0.3) is 0 Å². The third-order valence-electron chi connectivity index (χ3n) is 3.06.